The average molecular weight is 320 g/mol. The van der Waals surface area contributed by atoms with Gasteiger partial charge in [-0.25, -0.2) is 9.59 Å². The first-order valence-electron chi connectivity index (χ1n) is 5.32. The number of rotatable bonds is 5. The molecule has 1 atom stereocenters. The Balaban J connectivity index is 2.70. The Labute approximate surface area is 124 Å². The first kappa shape index (κ1) is 16.1. The molecule has 5 N–H and O–H groups in total. The summed E-state index contributed by atoms with van der Waals surface area (Å²) in [5, 5.41) is 13.9. The van der Waals surface area contributed by atoms with Gasteiger partial charge in [0, 0.05) is 15.7 Å². The summed E-state index contributed by atoms with van der Waals surface area (Å²) in [5.74, 6) is -2.22. The van der Waals surface area contributed by atoms with E-state index in [2.05, 4.69) is 10.6 Å². The van der Waals surface area contributed by atoms with Crippen LogP contribution in [-0.4, -0.2) is 29.1 Å². The van der Waals surface area contributed by atoms with Crippen LogP contribution in [0.15, 0.2) is 18.2 Å². The van der Waals surface area contributed by atoms with Crippen LogP contribution in [0, 0.1) is 0 Å². The fourth-order valence-electron chi connectivity index (χ4n) is 1.35. The lowest BCUT2D eigenvalue weighted by Gasteiger charge is -2.13. The van der Waals surface area contributed by atoms with Crippen LogP contribution in [0.1, 0.15) is 6.42 Å². The number of halogens is 2. The minimum absolute atomic E-state index is 0.281. The lowest BCUT2D eigenvalue weighted by atomic mass is 10.2. The van der Waals surface area contributed by atoms with E-state index >= 15 is 0 Å². The molecular weight excluding hydrogens is 309 g/mol. The molecule has 0 spiro atoms. The number of primary amides is 1. The molecule has 3 amide bonds. The molecular formula is C11H11Cl2N3O4. The minimum Gasteiger partial charge on any atom is -0.480 e. The molecule has 1 rings (SSSR count). The predicted molar refractivity (Wildman–Crippen MR) is 73.9 cm³/mol. The minimum atomic E-state index is -1.41. The van der Waals surface area contributed by atoms with Crippen molar-refractivity contribution in [2.24, 2.45) is 5.73 Å². The van der Waals surface area contributed by atoms with Crippen molar-refractivity contribution in [1.29, 1.82) is 0 Å². The number of aliphatic carboxylic acids is 1. The van der Waals surface area contributed by atoms with E-state index in [1.54, 1.807) is 0 Å². The number of carboxylic acid groups (broad SMARTS) is 1. The molecule has 7 nitrogen and oxygen atoms in total. The van der Waals surface area contributed by atoms with Gasteiger partial charge < -0.3 is 21.5 Å². The first-order chi connectivity index (χ1) is 9.27. The molecule has 0 aromatic heterocycles. The molecule has 0 fully saturated rings. The zero-order chi connectivity index (χ0) is 15.3. The van der Waals surface area contributed by atoms with Crippen LogP contribution in [0.5, 0.6) is 0 Å². The molecule has 1 aromatic carbocycles. The van der Waals surface area contributed by atoms with Gasteiger partial charge in [-0.15, -0.1) is 0 Å². The number of carbonyl (C=O) groups excluding carboxylic acids is 2. The van der Waals surface area contributed by atoms with Crippen molar-refractivity contribution in [2.45, 2.75) is 12.5 Å². The third-order valence-electron chi connectivity index (χ3n) is 2.13. The number of hydrogen-bond donors (Lipinski definition) is 4. The van der Waals surface area contributed by atoms with Crippen molar-refractivity contribution in [3.05, 3.63) is 28.2 Å². The Morgan fingerprint density at radius 1 is 1.20 bits per heavy atom. The molecule has 0 aliphatic carbocycles. The number of urea groups is 1. The number of anilines is 1. The average Bonchev–Trinajstić information content (AvgIpc) is 2.25. The summed E-state index contributed by atoms with van der Waals surface area (Å²) in [6, 6.07) is 2.09. The second-order valence-corrected chi connectivity index (χ2v) is 4.69. The van der Waals surface area contributed by atoms with Crippen molar-refractivity contribution in [3.8, 4) is 0 Å². The van der Waals surface area contributed by atoms with E-state index in [-0.39, 0.29) is 5.69 Å². The Morgan fingerprint density at radius 2 is 1.75 bits per heavy atom. The molecule has 0 saturated heterocycles. The van der Waals surface area contributed by atoms with Gasteiger partial charge in [-0.2, -0.15) is 0 Å². The molecule has 0 aliphatic heterocycles. The molecule has 9 heteroatoms. The van der Waals surface area contributed by atoms with Gasteiger partial charge in [0.15, 0.2) is 0 Å². The lowest BCUT2D eigenvalue weighted by molar-refractivity contribution is -0.140. The van der Waals surface area contributed by atoms with Gasteiger partial charge in [-0.1, -0.05) is 23.2 Å². The van der Waals surface area contributed by atoms with Gasteiger partial charge in [-0.05, 0) is 18.2 Å². The molecule has 0 bridgehead atoms. The molecule has 1 unspecified atom stereocenters. The van der Waals surface area contributed by atoms with Crippen molar-refractivity contribution in [2.75, 3.05) is 5.32 Å². The molecule has 0 radical (unpaired) electrons. The summed E-state index contributed by atoms with van der Waals surface area (Å²) >= 11 is 11.5. The summed E-state index contributed by atoms with van der Waals surface area (Å²) in [6.07, 6.45) is -0.515. The zero-order valence-electron chi connectivity index (χ0n) is 10.0. The van der Waals surface area contributed by atoms with Crippen LogP contribution >= 0.6 is 23.2 Å². The molecule has 0 aliphatic rings. The Bertz CT molecular complexity index is 530. The summed E-state index contributed by atoms with van der Waals surface area (Å²) < 4.78 is 0. The standard InChI is InChI=1S/C11H11Cl2N3O4/c12-5-1-6(13)3-7(2-5)15-11(20)16-8(10(18)19)4-9(14)17/h1-3,8H,4H2,(H2,14,17)(H,18,19)(H2,15,16,20). The van der Waals surface area contributed by atoms with E-state index in [9.17, 15) is 14.4 Å². The predicted octanol–water partition coefficient (Wildman–Crippen LogP) is 1.44. The summed E-state index contributed by atoms with van der Waals surface area (Å²) in [7, 11) is 0. The van der Waals surface area contributed by atoms with Crippen molar-refractivity contribution >= 4 is 46.8 Å². The number of amides is 3. The number of nitrogens with one attached hydrogen (secondary N) is 2. The van der Waals surface area contributed by atoms with Gasteiger partial charge in [0.1, 0.15) is 6.04 Å². The second-order valence-electron chi connectivity index (χ2n) is 3.82. The molecule has 20 heavy (non-hydrogen) atoms. The van der Waals surface area contributed by atoms with Gasteiger partial charge in [0.2, 0.25) is 5.91 Å². The maximum absolute atomic E-state index is 11.6. The highest BCUT2D eigenvalue weighted by Crippen LogP contribution is 2.22. The molecule has 1 aromatic rings. The lowest BCUT2D eigenvalue weighted by Crippen LogP contribution is -2.45. The van der Waals surface area contributed by atoms with Crippen LogP contribution in [-0.2, 0) is 9.59 Å². The number of carbonyl (C=O) groups is 3. The second kappa shape index (κ2) is 6.97. The van der Waals surface area contributed by atoms with Gasteiger partial charge >= 0.3 is 12.0 Å². The third-order valence-corrected chi connectivity index (χ3v) is 2.57. The van der Waals surface area contributed by atoms with Gasteiger partial charge in [-0.3, -0.25) is 4.79 Å². The van der Waals surface area contributed by atoms with E-state index in [1.807, 2.05) is 0 Å². The van der Waals surface area contributed by atoms with E-state index in [1.165, 1.54) is 18.2 Å². The monoisotopic (exact) mass is 319 g/mol. The van der Waals surface area contributed by atoms with E-state index in [0.29, 0.717) is 10.0 Å². The molecule has 108 valence electrons. The number of carboxylic acids is 1. The van der Waals surface area contributed by atoms with Crippen LogP contribution in [0.4, 0.5) is 10.5 Å². The fraction of sp³-hybridized carbons (Fsp3) is 0.182. The topological polar surface area (TPSA) is 122 Å². The molecule has 0 heterocycles. The highest BCUT2D eigenvalue weighted by Gasteiger charge is 2.22. The van der Waals surface area contributed by atoms with Crippen LogP contribution in [0.2, 0.25) is 10.0 Å². The Hall–Kier alpha value is -1.99. The summed E-state index contributed by atoms with van der Waals surface area (Å²) in [4.78, 5) is 33.1. The number of benzene rings is 1. The number of nitrogens with two attached hydrogens (primary N) is 1. The van der Waals surface area contributed by atoms with Crippen LogP contribution < -0.4 is 16.4 Å². The highest BCUT2D eigenvalue weighted by molar-refractivity contribution is 6.35. The normalized spacial score (nSPS) is 11.5. The summed E-state index contributed by atoms with van der Waals surface area (Å²) in [6.45, 7) is 0. The maximum atomic E-state index is 11.6. The Kier molecular flexibility index (Phi) is 5.60. The van der Waals surface area contributed by atoms with Crippen molar-refractivity contribution in [3.63, 3.8) is 0 Å². The summed E-state index contributed by atoms with van der Waals surface area (Å²) in [5.41, 5.74) is 5.17. The SMILES string of the molecule is NC(=O)CC(NC(=O)Nc1cc(Cl)cc(Cl)c1)C(=O)O. The largest absolute Gasteiger partial charge is 0.480 e. The van der Waals surface area contributed by atoms with Gasteiger partial charge in [0.25, 0.3) is 0 Å². The van der Waals surface area contributed by atoms with Gasteiger partial charge in [0.05, 0.1) is 6.42 Å². The van der Waals surface area contributed by atoms with E-state index in [0.717, 1.165) is 0 Å². The van der Waals surface area contributed by atoms with E-state index in [4.69, 9.17) is 34.0 Å². The van der Waals surface area contributed by atoms with Crippen molar-refractivity contribution in [1.82, 2.24) is 5.32 Å². The third kappa shape index (κ3) is 5.33. The number of hydrogen-bond acceptors (Lipinski definition) is 3. The maximum Gasteiger partial charge on any atom is 0.326 e. The smallest absolute Gasteiger partial charge is 0.326 e. The highest BCUT2D eigenvalue weighted by atomic mass is 35.5. The fourth-order valence-corrected chi connectivity index (χ4v) is 1.88. The van der Waals surface area contributed by atoms with Crippen LogP contribution in [0.3, 0.4) is 0 Å². The quantitative estimate of drug-likeness (QED) is 0.656. The van der Waals surface area contributed by atoms with Crippen LogP contribution in [0.25, 0.3) is 0 Å². The van der Waals surface area contributed by atoms with E-state index < -0.39 is 30.4 Å². The Morgan fingerprint density at radius 3 is 2.20 bits per heavy atom. The zero-order valence-corrected chi connectivity index (χ0v) is 11.5. The van der Waals surface area contributed by atoms with Crippen molar-refractivity contribution < 1.29 is 19.5 Å². The first-order valence-corrected chi connectivity index (χ1v) is 6.08. The molecule has 0 saturated carbocycles.